The van der Waals surface area contributed by atoms with Gasteiger partial charge in [-0.15, -0.1) is 0 Å². The number of nitrogens with zero attached hydrogens (tertiary/aromatic N) is 1. The van der Waals surface area contributed by atoms with Gasteiger partial charge in [-0.05, 0) is 43.2 Å². The SMILES string of the molecule is CCCC(C)N(Cc1ccc(OC)cc1)Cc1ccco1. The second-order valence-electron chi connectivity index (χ2n) is 5.47. The van der Waals surface area contributed by atoms with Crippen LogP contribution in [0.1, 0.15) is 38.0 Å². The molecule has 0 aliphatic heterocycles. The molecule has 0 bridgehead atoms. The molecule has 0 amide bonds. The summed E-state index contributed by atoms with van der Waals surface area (Å²) in [4.78, 5) is 2.46. The first-order chi connectivity index (χ1) is 10.2. The Hall–Kier alpha value is -1.74. The minimum atomic E-state index is 0.530. The van der Waals surface area contributed by atoms with Gasteiger partial charge in [0.25, 0.3) is 0 Å². The fourth-order valence-corrected chi connectivity index (χ4v) is 2.54. The summed E-state index contributed by atoms with van der Waals surface area (Å²) in [6.07, 6.45) is 4.13. The van der Waals surface area contributed by atoms with E-state index in [1.54, 1.807) is 13.4 Å². The van der Waals surface area contributed by atoms with Crippen molar-refractivity contribution < 1.29 is 9.15 Å². The number of benzene rings is 1. The maximum absolute atomic E-state index is 5.50. The average molecular weight is 287 g/mol. The number of hydrogen-bond donors (Lipinski definition) is 0. The molecule has 1 unspecified atom stereocenters. The standard InChI is InChI=1S/C18H25NO2/c1-4-6-15(2)19(14-18-7-5-12-21-18)13-16-8-10-17(20-3)11-9-16/h5,7-12,15H,4,6,13-14H2,1-3H3. The molecular formula is C18H25NO2. The molecule has 0 aliphatic carbocycles. The fourth-order valence-electron chi connectivity index (χ4n) is 2.54. The van der Waals surface area contributed by atoms with Gasteiger partial charge in [-0.2, -0.15) is 0 Å². The van der Waals surface area contributed by atoms with Gasteiger partial charge < -0.3 is 9.15 Å². The van der Waals surface area contributed by atoms with Gasteiger partial charge in [0.15, 0.2) is 0 Å². The lowest BCUT2D eigenvalue weighted by Gasteiger charge is -2.28. The van der Waals surface area contributed by atoms with Crippen molar-refractivity contribution in [2.24, 2.45) is 0 Å². The Kier molecular flexibility index (Phi) is 5.88. The predicted octanol–water partition coefficient (Wildman–Crippen LogP) is 4.48. The normalized spacial score (nSPS) is 12.6. The molecule has 3 nitrogen and oxygen atoms in total. The molecule has 0 radical (unpaired) electrons. The first-order valence-corrected chi connectivity index (χ1v) is 7.62. The van der Waals surface area contributed by atoms with Gasteiger partial charge in [0.2, 0.25) is 0 Å². The Labute approximate surface area is 127 Å². The van der Waals surface area contributed by atoms with Crippen LogP contribution in [0.3, 0.4) is 0 Å². The number of furan rings is 1. The minimum absolute atomic E-state index is 0.530. The number of rotatable bonds is 8. The van der Waals surface area contributed by atoms with Crippen molar-refractivity contribution in [1.82, 2.24) is 4.90 Å². The zero-order valence-corrected chi connectivity index (χ0v) is 13.2. The van der Waals surface area contributed by atoms with E-state index < -0.39 is 0 Å². The Morgan fingerprint density at radius 2 is 1.90 bits per heavy atom. The zero-order valence-electron chi connectivity index (χ0n) is 13.2. The predicted molar refractivity (Wildman–Crippen MR) is 85.3 cm³/mol. The van der Waals surface area contributed by atoms with Crippen LogP contribution in [0.4, 0.5) is 0 Å². The molecule has 1 atom stereocenters. The van der Waals surface area contributed by atoms with E-state index in [-0.39, 0.29) is 0 Å². The lowest BCUT2D eigenvalue weighted by Crippen LogP contribution is -2.31. The molecule has 1 heterocycles. The summed E-state index contributed by atoms with van der Waals surface area (Å²) in [5.74, 6) is 1.92. The quantitative estimate of drug-likeness (QED) is 0.716. The zero-order chi connectivity index (χ0) is 15.1. The highest BCUT2D eigenvalue weighted by Crippen LogP contribution is 2.18. The van der Waals surface area contributed by atoms with Crippen LogP contribution in [0.5, 0.6) is 5.75 Å². The molecule has 0 saturated heterocycles. The van der Waals surface area contributed by atoms with Crippen LogP contribution in [0.25, 0.3) is 0 Å². The molecule has 0 fully saturated rings. The summed E-state index contributed by atoms with van der Waals surface area (Å²) < 4.78 is 10.7. The van der Waals surface area contributed by atoms with Crippen LogP contribution in [0.2, 0.25) is 0 Å². The molecule has 2 rings (SSSR count). The molecule has 0 N–H and O–H groups in total. The maximum Gasteiger partial charge on any atom is 0.118 e. The topological polar surface area (TPSA) is 25.6 Å². The Balaban J connectivity index is 2.06. The molecule has 0 saturated carbocycles. The summed E-state index contributed by atoms with van der Waals surface area (Å²) in [7, 11) is 1.70. The van der Waals surface area contributed by atoms with Crippen molar-refractivity contribution in [1.29, 1.82) is 0 Å². The molecule has 1 aromatic carbocycles. The van der Waals surface area contributed by atoms with Gasteiger partial charge in [-0.3, -0.25) is 4.90 Å². The average Bonchev–Trinajstić information content (AvgIpc) is 3.00. The van der Waals surface area contributed by atoms with Crippen LogP contribution in [-0.4, -0.2) is 18.1 Å². The monoisotopic (exact) mass is 287 g/mol. The molecule has 2 aromatic rings. The molecule has 3 heteroatoms. The highest BCUT2D eigenvalue weighted by atomic mass is 16.5. The number of ether oxygens (including phenoxy) is 1. The van der Waals surface area contributed by atoms with E-state index >= 15 is 0 Å². The lowest BCUT2D eigenvalue weighted by atomic mass is 10.1. The van der Waals surface area contributed by atoms with E-state index in [0.717, 1.165) is 24.6 Å². The van der Waals surface area contributed by atoms with E-state index in [0.29, 0.717) is 6.04 Å². The third-order valence-corrected chi connectivity index (χ3v) is 3.81. The van der Waals surface area contributed by atoms with Crippen molar-refractivity contribution in [2.45, 2.75) is 45.8 Å². The van der Waals surface area contributed by atoms with Crippen LogP contribution in [0.15, 0.2) is 47.1 Å². The van der Waals surface area contributed by atoms with Crippen molar-refractivity contribution in [3.05, 3.63) is 54.0 Å². The summed E-state index contributed by atoms with van der Waals surface area (Å²) in [5, 5.41) is 0. The van der Waals surface area contributed by atoms with Crippen molar-refractivity contribution in [3.63, 3.8) is 0 Å². The molecule has 21 heavy (non-hydrogen) atoms. The van der Waals surface area contributed by atoms with Crippen LogP contribution >= 0.6 is 0 Å². The Morgan fingerprint density at radius 1 is 1.14 bits per heavy atom. The largest absolute Gasteiger partial charge is 0.497 e. The smallest absolute Gasteiger partial charge is 0.118 e. The van der Waals surface area contributed by atoms with Crippen LogP contribution in [-0.2, 0) is 13.1 Å². The van der Waals surface area contributed by atoms with Gasteiger partial charge in [-0.1, -0.05) is 25.5 Å². The molecule has 0 aliphatic rings. The lowest BCUT2D eigenvalue weighted by molar-refractivity contribution is 0.167. The minimum Gasteiger partial charge on any atom is -0.497 e. The second kappa shape index (κ2) is 7.89. The van der Waals surface area contributed by atoms with Gasteiger partial charge >= 0.3 is 0 Å². The van der Waals surface area contributed by atoms with Crippen molar-refractivity contribution >= 4 is 0 Å². The van der Waals surface area contributed by atoms with E-state index in [1.165, 1.54) is 18.4 Å². The van der Waals surface area contributed by atoms with Crippen molar-refractivity contribution in [3.8, 4) is 5.75 Å². The number of hydrogen-bond acceptors (Lipinski definition) is 3. The van der Waals surface area contributed by atoms with Gasteiger partial charge in [0.1, 0.15) is 11.5 Å². The van der Waals surface area contributed by atoms with E-state index in [2.05, 4.69) is 30.9 Å². The fraction of sp³-hybridized carbons (Fsp3) is 0.444. The summed E-state index contributed by atoms with van der Waals surface area (Å²) in [5.41, 5.74) is 1.30. The highest BCUT2D eigenvalue weighted by Gasteiger charge is 2.15. The van der Waals surface area contributed by atoms with Crippen LogP contribution < -0.4 is 4.74 Å². The van der Waals surface area contributed by atoms with Crippen molar-refractivity contribution in [2.75, 3.05) is 7.11 Å². The Morgan fingerprint density at radius 3 is 2.48 bits per heavy atom. The molecule has 1 aromatic heterocycles. The molecule has 0 spiro atoms. The highest BCUT2D eigenvalue weighted by molar-refractivity contribution is 5.27. The summed E-state index contributed by atoms with van der Waals surface area (Å²) >= 11 is 0. The van der Waals surface area contributed by atoms with E-state index in [4.69, 9.17) is 9.15 Å². The van der Waals surface area contributed by atoms with Gasteiger partial charge in [0, 0.05) is 12.6 Å². The summed E-state index contributed by atoms with van der Waals surface area (Å²) in [6, 6.07) is 12.8. The van der Waals surface area contributed by atoms with E-state index in [9.17, 15) is 0 Å². The third-order valence-electron chi connectivity index (χ3n) is 3.81. The molecule has 114 valence electrons. The van der Waals surface area contributed by atoms with E-state index in [1.807, 2.05) is 24.3 Å². The first kappa shape index (κ1) is 15.6. The molecular weight excluding hydrogens is 262 g/mol. The van der Waals surface area contributed by atoms with Gasteiger partial charge in [-0.25, -0.2) is 0 Å². The van der Waals surface area contributed by atoms with Crippen LogP contribution in [0, 0.1) is 0 Å². The third kappa shape index (κ3) is 4.64. The van der Waals surface area contributed by atoms with Gasteiger partial charge in [0.05, 0.1) is 19.9 Å². The maximum atomic E-state index is 5.50. The summed E-state index contributed by atoms with van der Waals surface area (Å²) in [6.45, 7) is 6.29. The second-order valence-corrected chi connectivity index (χ2v) is 5.47. The number of methoxy groups -OCH3 is 1. The Bertz CT molecular complexity index is 505. The first-order valence-electron chi connectivity index (χ1n) is 7.62.